The van der Waals surface area contributed by atoms with Crippen molar-refractivity contribution in [3.8, 4) is 6.07 Å². The second kappa shape index (κ2) is 9.27. The number of ether oxygens (including phenoxy) is 2. The van der Waals surface area contributed by atoms with Gasteiger partial charge in [0, 0.05) is 26.2 Å². The van der Waals surface area contributed by atoms with Crippen molar-refractivity contribution in [2.24, 2.45) is 0 Å². The van der Waals surface area contributed by atoms with Crippen molar-refractivity contribution in [2.45, 2.75) is 32.4 Å². The molecule has 0 radical (unpaired) electrons. The number of pyridine rings is 1. The molecule has 1 aromatic rings. The molecule has 1 aromatic heterocycles. The molecule has 9 heteroatoms. The SMILES string of the molecule is COCc1c(C#N)c(NCCCC2COCCN2)nc(C)c1[N+](=O)[O-]. The molecule has 0 bridgehead atoms. The van der Waals surface area contributed by atoms with Gasteiger partial charge in [-0.15, -0.1) is 0 Å². The second-order valence-electron chi connectivity index (χ2n) is 5.84. The van der Waals surface area contributed by atoms with Gasteiger partial charge in [0.15, 0.2) is 0 Å². The Hall–Kier alpha value is -2.28. The Kier molecular flexibility index (Phi) is 7.06. The lowest BCUT2D eigenvalue weighted by Crippen LogP contribution is -2.41. The van der Waals surface area contributed by atoms with Crippen molar-refractivity contribution in [1.82, 2.24) is 10.3 Å². The fourth-order valence-corrected chi connectivity index (χ4v) is 2.89. The van der Waals surface area contributed by atoms with E-state index in [4.69, 9.17) is 9.47 Å². The number of nitrogens with one attached hydrogen (secondary N) is 2. The van der Waals surface area contributed by atoms with Crippen LogP contribution in [0.1, 0.15) is 29.7 Å². The zero-order chi connectivity index (χ0) is 18.2. The van der Waals surface area contributed by atoms with Crippen LogP contribution >= 0.6 is 0 Å². The van der Waals surface area contributed by atoms with Gasteiger partial charge in [0.2, 0.25) is 0 Å². The molecule has 1 fully saturated rings. The summed E-state index contributed by atoms with van der Waals surface area (Å²) in [7, 11) is 1.44. The first-order valence-electron chi connectivity index (χ1n) is 8.20. The van der Waals surface area contributed by atoms with Crippen LogP contribution in [0.4, 0.5) is 11.5 Å². The van der Waals surface area contributed by atoms with Crippen LogP contribution in [0.5, 0.6) is 0 Å². The number of hydrogen-bond donors (Lipinski definition) is 2. The van der Waals surface area contributed by atoms with Gasteiger partial charge in [-0.05, 0) is 19.8 Å². The molecule has 0 amide bonds. The van der Waals surface area contributed by atoms with Gasteiger partial charge in [0.05, 0.1) is 30.3 Å². The van der Waals surface area contributed by atoms with Gasteiger partial charge in [0.25, 0.3) is 5.69 Å². The monoisotopic (exact) mass is 349 g/mol. The highest BCUT2D eigenvalue weighted by atomic mass is 16.6. The minimum absolute atomic E-state index is 0.0133. The molecule has 1 saturated heterocycles. The van der Waals surface area contributed by atoms with Crippen LogP contribution in [0.2, 0.25) is 0 Å². The average Bonchev–Trinajstić information content (AvgIpc) is 2.59. The molecule has 1 aliphatic heterocycles. The Bertz CT molecular complexity index is 653. The van der Waals surface area contributed by atoms with Crippen LogP contribution in [-0.2, 0) is 16.1 Å². The van der Waals surface area contributed by atoms with E-state index in [1.807, 2.05) is 6.07 Å². The van der Waals surface area contributed by atoms with Crippen molar-refractivity contribution >= 4 is 11.5 Å². The zero-order valence-electron chi connectivity index (χ0n) is 14.5. The Morgan fingerprint density at radius 1 is 1.60 bits per heavy atom. The molecule has 2 N–H and O–H groups in total. The van der Waals surface area contributed by atoms with Gasteiger partial charge in [-0.2, -0.15) is 5.26 Å². The molecule has 0 spiro atoms. The first-order valence-corrected chi connectivity index (χ1v) is 8.20. The molecule has 2 rings (SSSR count). The zero-order valence-corrected chi connectivity index (χ0v) is 14.5. The fourth-order valence-electron chi connectivity index (χ4n) is 2.89. The predicted molar refractivity (Wildman–Crippen MR) is 91.4 cm³/mol. The summed E-state index contributed by atoms with van der Waals surface area (Å²) in [5.41, 5.74) is 0.527. The number of methoxy groups -OCH3 is 1. The van der Waals surface area contributed by atoms with Crippen LogP contribution in [0.15, 0.2) is 0 Å². The summed E-state index contributed by atoms with van der Waals surface area (Å²) in [6, 6.07) is 2.35. The highest BCUT2D eigenvalue weighted by Crippen LogP contribution is 2.30. The van der Waals surface area contributed by atoms with E-state index in [9.17, 15) is 15.4 Å². The summed E-state index contributed by atoms with van der Waals surface area (Å²) in [5, 5.41) is 27.3. The van der Waals surface area contributed by atoms with Gasteiger partial charge in [-0.25, -0.2) is 4.98 Å². The topological polar surface area (TPSA) is 122 Å². The number of nitro groups is 1. The summed E-state index contributed by atoms with van der Waals surface area (Å²) < 4.78 is 10.5. The number of anilines is 1. The molecular weight excluding hydrogens is 326 g/mol. The van der Waals surface area contributed by atoms with E-state index in [0.717, 1.165) is 26.0 Å². The number of nitriles is 1. The molecule has 9 nitrogen and oxygen atoms in total. The van der Waals surface area contributed by atoms with Crippen LogP contribution in [-0.4, -0.2) is 49.4 Å². The lowest BCUT2D eigenvalue weighted by Gasteiger charge is -2.23. The molecule has 1 atom stereocenters. The third kappa shape index (κ3) is 4.85. The fraction of sp³-hybridized carbons (Fsp3) is 0.625. The van der Waals surface area contributed by atoms with E-state index in [1.165, 1.54) is 7.11 Å². The molecule has 2 heterocycles. The normalized spacial score (nSPS) is 17.1. The maximum atomic E-state index is 11.3. The number of morpholine rings is 1. The Morgan fingerprint density at radius 2 is 2.40 bits per heavy atom. The van der Waals surface area contributed by atoms with E-state index >= 15 is 0 Å². The Labute approximate surface area is 146 Å². The summed E-state index contributed by atoms with van der Waals surface area (Å²) in [6.07, 6.45) is 1.80. The third-order valence-electron chi connectivity index (χ3n) is 4.05. The van der Waals surface area contributed by atoms with E-state index in [0.29, 0.717) is 25.0 Å². The number of hydrogen-bond acceptors (Lipinski definition) is 8. The molecule has 0 aliphatic carbocycles. The van der Waals surface area contributed by atoms with E-state index in [-0.39, 0.29) is 29.1 Å². The van der Waals surface area contributed by atoms with Crippen molar-refractivity contribution in [1.29, 1.82) is 5.26 Å². The van der Waals surface area contributed by atoms with Crippen molar-refractivity contribution in [3.63, 3.8) is 0 Å². The molecule has 0 aromatic carbocycles. The number of aryl methyl sites for hydroxylation is 1. The molecular formula is C16H23N5O4. The lowest BCUT2D eigenvalue weighted by molar-refractivity contribution is -0.386. The average molecular weight is 349 g/mol. The van der Waals surface area contributed by atoms with Crippen LogP contribution in [0.3, 0.4) is 0 Å². The van der Waals surface area contributed by atoms with Gasteiger partial charge < -0.3 is 20.1 Å². The minimum Gasteiger partial charge on any atom is -0.380 e. The standard InChI is InChI=1S/C16H23N5O4/c1-11-15(21(22)23)14(10-24-2)13(8-17)16(20-11)19-5-3-4-12-9-25-7-6-18-12/h12,18H,3-7,9-10H2,1-2H3,(H,19,20). The summed E-state index contributed by atoms with van der Waals surface area (Å²) in [4.78, 5) is 15.0. The van der Waals surface area contributed by atoms with Gasteiger partial charge in [0.1, 0.15) is 23.1 Å². The van der Waals surface area contributed by atoms with Crippen LogP contribution in [0.25, 0.3) is 0 Å². The summed E-state index contributed by atoms with van der Waals surface area (Å²) in [5.74, 6) is 0.366. The van der Waals surface area contributed by atoms with Crippen molar-refractivity contribution in [3.05, 3.63) is 26.9 Å². The first-order chi connectivity index (χ1) is 12.1. The predicted octanol–water partition coefficient (Wildman–Crippen LogP) is 1.50. The molecule has 25 heavy (non-hydrogen) atoms. The third-order valence-corrected chi connectivity index (χ3v) is 4.05. The molecule has 1 aliphatic rings. The maximum absolute atomic E-state index is 11.3. The Morgan fingerprint density at radius 3 is 3.00 bits per heavy atom. The van der Waals surface area contributed by atoms with Crippen molar-refractivity contribution in [2.75, 3.05) is 38.7 Å². The van der Waals surface area contributed by atoms with Gasteiger partial charge in [-0.1, -0.05) is 0 Å². The summed E-state index contributed by atoms with van der Waals surface area (Å²) in [6.45, 7) is 4.47. The van der Waals surface area contributed by atoms with E-state index in [1.54, 1.807) is 6.92 Å². The van der Waals surface area contributed by atoms with Crippen LogP contribution in [0, 0.1) is 28.4 Å². The van der Waals surface area contributed by atoms with Crippen molar-refractivity contribution < 1.29 is 14.4 Å². The quantitative estimate of drug-likeness (QED) is 0.411. The summed E-state index contributed by atoms with van der Waals surface area (Å²) >= 11 is 0. The van der Waals surface area contributed by atoms with Gasteiger partial charge in [-0.3, -0.25) is 10.1 Å². The number of nitrogens with zero attached hydrogens (tertiary/aromatic N) is 3. The van der Waals surface area contributed by atoms with E-state index < -0.39 is 4.92 Å². The molecule has 0 saturated carbocycles. The highest BCUT2D eigenvalue weighted by Gasteiger charge is 2.25. The molecule has 136 valence electrons. The maximum Gasteiger partial charge on any atom is 0.297 e. The smallest absolute Gasteiger partial charge is 0.297 e. The first kappa shape index (κ1) is 19.1. The minimum atomic E-state index is -0.518. The number of aromatic nitrogens is 1. The molecule has 1 unspecified atom stereocenters. The highest BCUT2D eigenvalue weighted by molar-refractivity contribution is 5.64. The number of rotatable bonds is 8. The lowest BCUT2D eigenvalue weighted by atomic mass is 10.1. The van der Waals surface area contributed by atoms with E-state index in [2.05, 4.69) is 15.6 Å². The largest absolute Gasteiger partial charge is 0.380 e. The second-order valence-corrected chi connectivity index (χ2v) is 5.84. The Balaban J connectivity index is 2.09. The van der Waals surface area contributed by atoms with Gasteiger partial charge >= 0.3 is 0 Å². The van der Waals surface area contributed by atoms with Crippen LogP contribution < -0.4 is 10.6 Å².